The Balaban J connectivity index is 0.946. The monoisotopic (exact) mass is 859 g/mol. The van der Waals surface area contributed by atoms with Crippen LogP contribution in [0.15, 0.2) is 29.1 Å². The van der Waals surface area contributed by atoms with Crippen LogP contribution in [0.2, 0.25) is 0 Å². The van der Waals surface area contributed by atoms with Crippen LogP contribution < -0.4 is 26.8 Å². The van der Waals surface area contributed by atoms with Crippen molar-refractivity contribution in [3.8, 4) is 11.4 Å². The summed E-state index contributed by atoms with van der Waals surface area (Å²) in [4.78, 5) is 106. The average molecular weight is 860 g/mol. The molecule has 1 aromatic carbocycles. The molecule has 3 aromatic rings. The van der Waals surface area contributed by atoms with Gasteiger partial charge in [-0.15, -0.1) is 0 Å². The largest absolute Gasteiger partial charge is 0.458 e. The van der Waals surface area contributed by atoms with Crippen LogP contribution in [0.25, 0.3) is 22.3 Å². The summed E-state index contributed by atoms with van der Waals surface area (Å²) in [7, 11) is 0. The summed E-state index contributed by atoms with van der Waals surface area (Å²) in [6.45, 7) is 5.17. The molecule has 0 radical (unpaired) electrons. The second-order valence-corrected chi connectivity index (χ2v) is 15.7. The van der Waals surface area contributed by atoms with Crippen molar-refractivity contribution in [3.05, 3.63) is 73.8 Å². The van der Waals surface area contributed by atoms with Gasteiger partial charge < -0.3 is 45.5 Å². The molecule has 0 fully saturated rings. The molecule has 1 aliphatic carbocycles. The highest BCUT2D eigenvalue weighted by atomic mass is 19.1. The van der Waals surface area contributed by atoms with Gasteiger partial charge in [0.05, 0.1) is 41.7 Å². The standard InChI is InChI=1S/C42H46FN7O12/c1-5-42(60)25-14-29-36-23(16-50(29)40(58)24(25)17-62-41(42)59)35-27(7-6-22-19(2)26(43)15-28(47-36)34(22)35)48-39(57)30(51)11-13-61-18-44-37(55)20(3)46-38(56)21(4)45-31(52)10-12-49-32(53)8-9-33(49)54/h8-9,14-15,20-21,27,30,51,60H,5-7,10-13,16-18H2,1-4H3,(H,44,55)(H,45,52)(H,46,56)(H,48,57)/t20-,21-,27-,30+,42-/m0/s1. The summed E-state index contributed by atoms with van der Waals surface area (Å²) in [5.74, 6) is -4.99. The molecule has 5 heterocycles. The van der Waals surface area contributed by atoms with Crippen molar-refractivity contribution in [1.82, 2.24) is 35.7 Å². The molecule has 7 rings (SSSR count). The molecule has 62 heavy (non-hydrogen) atoms. The number of aromatic nitrogens is 2. The second kappa shape index (κ2) is 17.2. The van der Waals surface area contributed by atoms with Crippen molar-refractivity contribution in [1.29, 1.82) is 0 Å². The number of hydrogen-bond donors (Lipinski definition) is 6. The van der Waals surface area contributed by atoms with Crippen LogP contribution in [-0.4, -0.2) is 104 Å². The van der Waals surface area contributed by atoms with Crippen molar-refractivity contribution < 1.29 is 57.6 Å². The van der Waals surface area contributed by atoms with E-state index in [1.165, 1.54) is 24.5 Å². The number of aliphatic hydroxyl groups is 2. The number of carbonyl (C=O) groups is 7. The number of hydrogen-bond acceptors (Lipinski definition) is 13. The molecule has 4 aliphatic rings. The van der Waals surface area contributed by atoms with Crippen molar-refractivity contribution in [2.75, 3.05) is 19.9 Å². The van der Waals surface area contributed by atoms with Gasteiger partial charge in [-0.1, -0.05) is 6.92 Å². The van der Waals surface area contributed by atoms with E-state index in [4.69, 9.17) is 14.5 Å². The van der Waals surface area contributed by atoms with Crippen LogP contribution in [0.5, 0.6) is 0 Å². The van der Waals surface area contributed by atoms with E-state index in [1.54, 1.807) is 19.9 Å². The Hall–Kier alpha value is -6.38. The van der Waals surface area contributed by atoms with Gasteiger partial charge in [0, 0.05) is 54.1 Å². The number of nitrogens with zero attached hydrogens (tertiary/aromatic N) is 3. The third-order valence-corrected chi connectivity index (χ3v) is 11.9. The molecule has 328 valence electrons. The highest BCUT2D eigenvalue weighted by Gasteiger charge is 2.46. The summed E-state index contributed by atoms with van der Waals surface area (Å²) in [6, 6.07) is 0.101. The molecule has 0 saturated heterocycles. The Bertz CT molecular complexity index is 2520. The number of esters is 1. The van der Waals surface area contributed by atoms with Gasteiger partial charge in [0.2, 0.25) is 23.6 Å². The van der Waals surface area contributed by atoms with E-state index in [2.05, 4.69) is 21.3 Å². The molecule has 6 amide bonds. The Labute approximate surface area is 353 Å². The quantitative estimate of drug-likeness (QED) is 0.0392. The van der Waals surface area contributed by atoms with E-state index < -0.39 is 82.6 Å². The van der Waals surface area contributed by atoms with Crippen LogP contribution in [-0.2, 0) is 68.2 Å². The molecular weight excluding hydrogens is 813 g/mol. The predicted octanol–water partition coefficient (Wildman–Crippen LogP) is -0.204. The molecule has 0 spiro atoms. The summed E-state index contributed by atoms with van der Waals surface area (Å²) in [5.41, 5.74) is 1.06. The molecule has 0 saturated carbocycles. The number of amides is 6. The van der Waals surface area contributed by atoms with Crippen LogP contribution in [0.3, 0.4) is 0 Å². The lowest BCUT2D eigenvalue weighted by atomic mass is 9.81. The minimum absolute atomic E-state index is 0.0428. The number of cyclic esters (lactones) is 1. The van der Waals surface area contributed by atoms with Crippen molar-refractivity contribution in [3.63, 3.8) is 0 Å². The Morgan fingerprint density at radius 3 is 2.44 bits per heavy atom. The minimum atomic E-state index is -2.05. The van der Waals surface area contributed by atoms with E-state index in [-0.39, 0.29) is 63.4 Å². The number of ether oxygens (including phenoxy) is 2. The fourth-order valence-electron chi connectivity index (χ4n) is 8.29. The maximum Gasteiger partial charge on any atom is 0.343 e. The number of halogens is 1. The molecule has 20 heteroatoms. The Morgan fingerprint density at radius 1 is 1.02 bits per heavy atom. The van der Waals surface area contributed by atoms with E-state index in [1.807, 2.05) is 0 Å². The summed E-state index contributed by atoms with van der Waals surface area (Å²) < 4.78 is 27.4. The summed E-state index contributed by atoms with van der Waals surface area (Å²) in [6.07, 6.45) is 0.957. The Morgan fingerprint density at radius 2 is 1.73 bits per heavy atom. The first kappa shape index (κ1) is 43.7. The lowest BCUT2D eigenvalue weighted by Crippen LogP contribution is -2.52. The molecule has 0 bridgehead atoms. The van der Waals surface area contributed by atoms with Crippen LogP contribution in [0, 0.1) is 12.7 Å². The van der Waals surface area contributed by atoms with E-state index >= 15 is 4.39 Å². The van der Waals surface area contributed by atoms with Crippen LogP contribution in [0.1, 0.15) is 85.9 Å². The normalized spacial score (nSPS) is 19.9. The number of aryl methyl sites for hydroxylation is 1. The Kier molecular flexibility index (Phi) is 12.1. The number of carbonyl (C=O) groups excluding carboxylic acids is 7. The van der Waals surface area contributed by atoms with Gasteiger partial charge in [0.25, 0.3) is 17.4 Å². The fraction of sp³-hybridized carbons (Fsp3) is 0.452. The van der Waals surface area contributed by atoms with Crippen molar-refractivity contribution in [2.24, 2.45) is 0 Å². The zero-order chi connectivity index (χ0) is 44.8. The van der Waals surface area contributed by atoms with E-state index in [9.17, 15) is 48.6 Å². The van der Waals surface area contributed by atoms with E-state index in [0.717, 1.165) is 17.1 Å². The van der Waals surface area contributed by atoms with Gasteiger partial charge in [-0.2, -0.15) is 0 Å². The SMILES string of the molecule is CC[C@@]1(O)C(=O)OCc2c1cc1n(c2=O)Cc2c-1nc1cc(F)c(C)c3c1c2[C@@H](NC(=O)[C@H](O)CCOCNC(=O)[C@H](C)NC(=O)[C@H](C)NC(=O)CCN1C(=O)C=CC1=O)CC3. The average Bonchev–Trinajstić information content (AvgIpc) is 3.78. The predicted molar refractivity (Wildman–Crippen MR) is 214 cm³/mol. The lowest BCUT2D eigenvalue weighted by Gasteiger charge is -2.31. The van der Waals surface area contributed by atoms with Gasteiger partial charge in [0.1, 0.15) is 37.3 Å². The summed E-state index contributed by atoms with van der Waals surface area (Å²) in [5, 5.41) is 33.1. The smallest absolute Gasteiger partial charge is 0.343 e. The number of fused-ring (bicyclic) bond motifs is 5. The highest BCUT2D eigenvalue weighted by molar-refractivity contribution is 6.13. The fourth-order valence-corrected chi connectivity index (χ4v) is 8.29. The number of rotatable bonds is 15. The second-order valence-electron chi connectivity index (χ2n) is 15.7. The molecule has 5 atom stereocenters. The molecule has 2 aromatic heterocycles. The molecule has 0 unspecified atom stereocenters. The maximum atomic E-state index is 15.3. The maximum absolute atomic E-state index is 15.3. The third kappa shape index (κ3) is 7.95. The number of imide groups is 1. The van der Waals surface area contributed by atoms with Gasteiger partial charge >= 0.3 is 5.97 Å². The molecule has 19 nitrogen and oxygen atoms in total. The molecular formula is C42H46FN7O12. The highest BCUT2D eigenvalue weighted by Crippen LogP contribution is 2.46. The minimum Gasteiger partial charge on any atom is -0.458 e. The lowest BCUT2D eigenvalue weighted by molar-refractivity contribution is -0.172. The first-order valence-corrected chi connectivity index (χ1v) is 20.2. The molecule has 3 aliphatic heterocycles. The van der Waals surface area contributed by atoms with Gasteiger partial charge in [0.15, 0.2) is 5.60 Å². The van der Waals surface area contributed by atoms with Gasteiger partial charge in [-0.05, 0) is 62.8 Å². The van der Waals surface area contributed by atoms with Gasteiger partial charge in [-0.3, -0.25) is 38.5 Å². The number of aliphatic hydroxyl groups excluding tert-OH is 1. The van der Waals surface area contributed by atoms with Crippen molar-refractivity contribution in [2.45, 2.75) is 103 Å². The first-order chi connectivity index (χ1) is 29.4. The number of benzene rings is 1. The molecule has 6 N–H and O–H groups in total. The van der Waals surface area contributed by atoms with Crippen molar-refractivity contribution >= 4 is 52.3 Å². The van der Waals surface area contributed by atoms with Crippen LogP contribution >= 0.6 is 0 Å². The zero-order valence-electron chi connectivity index (χ0n) is 34.4. The third-order valence-electron chi connectivity index (χ3n) is 11.9. The van der Waals surface area contributed by atoms with E-state index in [0.29, 0.717) is 57.4 Å². The van der Waals surface area contributed by atoms with Gasteiger partial charge in [-0.25, -0.2) is 14.2 Å². The first-order valence-electron chi connectivity index (χ1n) is 20.2. The number of nitrogens with one attached hydrogen (secondary N) is 4. The van der Waals surface area contributed by atoms with Crippen LogP contribution in [0.4, 0.5) is 4.39 Å². The topological polar surface area (TPSA) is 265 Å². The number of pyridine rings is 2. The summed E-state index contributed by atoms with van der Waals surface area (Å²) >= 11 is 0. The zero-order valence-corrected chi connectivity index (χ0v) is 34.4.